The number of nitrogens with zero attached hydrogens (tertiary/aromatic N) is 1. The lowest BCUT2D eigenvalue weighted by Gasteiger charge is -2.40. The van der Waals surface area contributed by atoms with E-state index in [1.165, 1.54) is 13.8 Å². The number of rotatable bonds is 6. The van der Waals surface area contributed by atoms with Crippen LogP contribution in [0.4, 0.5) is 0 Å². The van der Waals surface area contributed by atoms with Gasteiger partial charge in [0.1, 0.15) is 6.10 Å². The second-order valence-electron chi connectivity index (χ2n) is 9.46. The van der Waals surface area contributed by atoms with Crippen LogP contribution >= 0.6 is 0 Å². The first-order chi connectivity index (χ1) is 10.8. The number of hydrogen-bond donors (Lipinski definition) is 1. The first-order valence-corrected chi connectivity index (χ1v) is 11.8. The normalized spacial score (nSPS) is 32.2. The molecule has 2 fully saturated rings. The van der Waals surface area contributed by atoms with Gasteiger partial charge in [-0.05, 0) is 31.0 Å². The maximum atomic E-state index is 11.4. The van der Waals surface area contributed by atoms with E-state index in [-0.39, 0.29) is 34.0 Å². The van der Waals surface area contributed by atoms with Gasteiger partial charge in [-0.25, -0.2) is 0 Å². The van der Waals surface area contributed by atoms with Gasteiger partial charge < -0.3 is 14.3 Å². The summed E-state index contributed by atoms with van der Waals surface area (Å²) in [6.07, 6.45) is 0.768. The van der Waals surface area contributed by atoms with Crippen LogP contribution in [0.2, 0.25) is 18.1 Å². The van der Waals surface area contributed by atoms with Crippen LogP contribution in [0, 0.1) is 22.0 Å². The molecular formula is C17H33NO5Si. The third-order valence-corrected chi connectivity index (χ3v) is 11.0. The van der Waals surface area contributed by atoms with Crippen LogP contribution in [0.1, 0.15) is 47.5 Å². The number of ether oxygens (including phenoxy) is 1. The summed E-state index contributed by atoms with van der Waals surface area (Å²) in [4.78, 5) is 11.0. The third-order valence-electron chi connectivity index (χ3n) is 6.49. The van der Waals surface area contributed by atoms with Gasteiger partial charge in [-0.1, -0.05) is 20.8 Å². The molecule has 0 aliphatic carbocycles. The van der Waals surface area contributed by atoms with E-state index >= 15 is 0 Å². The van der Waals surface area contributed by atoms with E-state index in [0.29, 0.717) is 6.61 Å². The van der Waals surface area contributed by atoms with Gasteiger partial charge in [0.05, 0.1) is 12.2 Å². The van der Waals surface area contributed by atoms with Crippen molar-refractivity contribution >= 4 is 8.32 Å². The first-order valence-electron chi connectivity index (χ1n) is 8.91. The average molecular weight is 360 g/mol. The Morgan fingerprint density at radius 1 is 1.25 bits per heavy atom. The largest absolute Gasteiger partial charge is 0.416 e. The van der Waals surface area contributed by atoms with Crippen LogP contribution in [-0.2, 0) is 9.16 Å². The Kier molecular flexibility index (Phi) is 5.23. The van der Waals surface area contributed by atoms with Crippen LogP contribution in [-0.4, -0.2) is 48.8 Å². The van der Waals surface area contributed by atoms with E-state index in [2.05, 4.69) is 33.9 Å². The van der Waals surface area contributed by atoms with E-state index in [1.54, 1.807) is 0 Å². The minimum Gasteiger partial charge on any atom is -0.416 e. The predicted octanol–water partition coefficient (Wildman–Crippen LogP) is 3.22. The van der Waals surface area contributed by atoms with Gasteiger partial charge in [-0.3, -0.25) is 10.1 Å². The van der Waals surface area contributed by atoms with Crippen molar-refractivity contribution in [2.24, 2.45) is 11.8 Å². The molecule has 0 radical (unpaired) electrons. The summed E-state index contributed by atoms with van der Waals surface area (Å²) < 4.78 is 12.4. The summed E-state index contributed by atoms with van der Waals surface area (Å²) >= 11 is 0. The van der Waals surface area contributed by atoms with E-state index in [9.17, 15) is 15.2 Å². The van der Waals surface area contributed by atoms with Crippen LogP contribution in [0.25, 0.3) is 0 Å². The number of nitro groups is 1. The van der Waals surface area contributed by atoms with Crippen molar-refractivity contribution in [1.82, 2.24) is 0 Å². The smallest absolute Gasteiger partial charge is 0.242 e. The molecule has 0 spiro atoms. The summed E-state index contributed by atoms with van der Waals surface area (Å²) in [6, 6.07) is 0. The molecule has 0 amide bonds. The number of fused-ring (bicyclic) bond motifs is 2. The highest BCUT2D eigenvalue weighted by molar-refractivity contribution is 6.74. The molecule has 0 aromatic rings. The van der Waals surface area contributed by atoms with Crippen molar-refractivity contribution in [3.8, 4) is 0 Å². The zero-order valence-corrected chi connectivity index (χ0v) is 17.0. The standard InChI is InChI=1S/C17H33NO5Si/c1-16(2,3)24(6,7)22-10-11-12-8-9-13(23-12)14(11)15(19)17(4,5)18(20)21/h11-15,19H,8-10H2,1-7H3/t11-,12-,13+,14-,15?/m1/s1. The number of hydrogen-bond acceptors (Lipinski definition) is 5. The molecule has 2 saturated heterocycles. The Bertz CT molecular complexity index is 488. The van der Waals surface area contributed by atoms with Crippen molar-refractivity contribution in [3.05, 3.63) is 10.1 Å². The third kappa shape index (κ3) is 3.41. The summed E-state index contributed by atoms with van der Waals surface area (Å²) in [5.74, 6) is -0.194. The van der Waals surface area contributed by atoms with Gasteiger partial charge in [0.25, 0.3) is 0 Å². The number of aliphatic hydroxyl groups excluding tert-OH is 1. The maximum Gasteiger partial charge on any atom is 0.242 e. The highest BCUT2D eigenvalue weighted by Gasteiger charge is 2.58. The van der Waals surface area contributed by atoms with Crippen molar-refractivity contribution in [1.29, 1.82) is 0 Å². The second-order valence-corrected chi connectivity index (χ2v) is 14.3. The van der Waals surface area contributed by atoms with Crippen LogP contribution in [0.15, 0.2) is 0 Å². The highest BCUT2D eigenvalue weighted by Crippen LogP contribution is 2.48. The molecule has 0 saturated carbocycles. The molecule has 0 aromatic carbocycles. The van der Waals surface area contributed by atoms with Crippen molar-refractivity contribution < 1.29 is 19.2 Å². The molecule has 2 aliphatic heterocycles. The van der Waals surface area contributed by atoms with Gasteiger partial charge >= 0.3 is 0 Å². The average Bonchev–Trinajstić information content (AvgIpc) is 3.03. The van der Waals surface area contributed by atoms with Gasteiger partial charge in [0.2, 0.25) is 5.54 Å². The topological polar surface area (TPSA) is 81.8 Å². The zero-order chi connectivity index (χ0) is 18.5. The van der Waals surface area contributed by atoms with E-state index in [4.69, 9.17) is 9.16 Å². The molecule has 7 heteroatoms. The Morgan fingerprint density at radius 3 is 2.29 bits per heavy atom. The molecule has 140 valence electrons. The SMILES string of the molecule is CC(C)(C(O)[C@@H]1[C@H](CO[Si](C)(C)C(C)(C)C)[C@H]2CC[C@@H]1O2)[N+](=O)[O-]. The molecule has 2 rings (SSSR count). The molecule has 5 atom stereocenters. The summed E-state index contributed by atoms with van der Waals surface area (Å²) in [6.45, 7) is 14.5. The maximum absolute atomic E-state index is 11.4. The monoisotopic (exact) mass is 359 g/mol. The Balaban J connectivity index is 2.15. The van der Waals surface area contributed by atoms with Gasteiger partial charge in [0.15, 0.2) is 8.32 Å². The zero-order valence-electron chi connectivity index (χ0n) is 16.0. The van der Waals surface area contributed by atoms with Gasteiger partial charge in [-0.15, -0.1) is 0 Å². The quantitative estimate of drug-likeness (QED) is 0.447. The van der Waals surface area contributed by atoms with Gasteiger partial charge in [0, 0.05) is 37.2 Å². The fraction of sp³-hybridized carbons (Fsp3) is 1.00. The molecule has 2 bridgehead atoms. The first kappa shape index (κ1) is 19.8. The summed E-state index contributed by atoms with van der Waals surface area (Å²) in [7, 11) is -1.90. The predicted molar refractivity (Wildman–Crippen MR) is 95.1 cm³/mol. The molecule has 1 N–H and O–H groups in total. The fourth-order valence-electron chi connectivity index (χ4n) is 3.57. The molecule has 2 aliphatic rings. The van der Waals surface area contributed by atoms with Crippen LogP contribution in [0.3, 0.4) is 0 Å². The van der Waals surface area contributed by atoms with Crippen LogP contribution in [0.5, 0.6) is 0 Å². The summed E-state index contributed by atoms with van der Waals surface area (Å²) in [5, 5.41) is 22.2. The van der Waals surface area contributed by atoms with E-state index < -0.39 is 20.0 Å². The van der Waals surface area contributed by atoms with Crippen LogP contribution < -0.4 is 0 Å². The van der Waals surface area contributed by atoms with Crippen molar-refractivity contribution in [3.63, 3.8) is 0 Å². The Labute approximate surface area is 146 Å². The van der Waals surface area contributed by atoms with Gasteiger partial charge in [-0.2, -0.15) is 0 Å². The molecular weight excluding hydrogens is 326 g/mol. The Morgan fingerprint density at radius 2 is 1.79 bits per heavy atom. The van der Waals surface area contributed by atoms with E-state index in [0.717, 1.165) is 12.8 Å². The molecule has 6 nitrogen and oxygen atoms in total. The summed E-state index contributed by atoms with van der Waals surface area (Å²) in [5.41, 5.74) is -1.38. The Hall–Kier alpha value is -0.503. The molecule has 1 unspecified atom stereocenters. The minimum absolute atomic E-state index is 0.0344. The van der Waals surface area contributed by atoms with Crippen molar-refractivity contribution in [2.45, 2.75) is 89.4 Å². The lowest BCUT2D eigenvalue weighted by molar-refractivity contribution is -0.576. The highest BCUT2D eigenvalue weighted by atomic mass is 28.4. The molecule has 2 heterocycles. The fourth-order valence-corrected chi connectivity index (χ4v) is 4.61. The molecule has 24 heavy (non-hydrogen) atoms. The molecule has 0 aromatic heterocycles. The van der Waals surface area contributed by atoms with Crippen molar-refractivity contribution in [2.75, 3.05) is 6.61 Å². The lowest BCUT2D eigenvalue weighted by atomic mass is 9.72. The minimum atomic E-state index is -1.90. The number of aliphatic hydroxyl groups is 1. The lowest BCUT2D eigenvalue weighted by Crippen LogP contribution is -2.53. The second kappa shape index (κ2) is 6.34. The van der Waals surface area contributed by atoms with E-state index in [1.807, 2.05) is 0 Å².